The van der Waals surface area contributed by atoms with Gasteiger partial charge in [0.25, 0.3) is 0 Å². The second kappa shape index (κ2) is 6.89. The Kier molecular flexibility index (Phi) is 5.47. The molecule has 0 amide bonds. The zero-order valence-electron chi connectivity index (χ0n) is 10.8. The molecular formula is C15H20O2. The van der Waals surface area contributed by atoms with Crippen molar-refractivity contribution in [2.75, 3.05) is 0 Å². The summed E-state index contributed by atoms with van der Waals surface area (Å²) in [6.07, 6.45) is 3.93. The second-order valence-electron chi connectivity index (χ2n) is 4.44. The van der Waals surface area contributed by atoms with E-state index in [9.17, 15) is 4.79 Å². The fourth-order valence-corrected chi connectivity index (χ4v) is 1.49. The SMILES string of the molecule is CC(C)=CCCC(C)OC(=O)c1ccccc1. The quantitative estimate of drug-likeness (QED) is 0.567. The lowest BCUT2D eigenvalue weighted by molar-refractivity contribution is 0.0326. The number of esters is 1. The molecular weight excluding hydrogens is 212 g/mol. The Morgan fingerprint density at radius 2 is 1.94 bits per heavy atom. The molecule has 2 nitrogen and oxygen atoms in total. The van der Waals surface area contributed by atoms with E-state index in [0.717, 1.165) is 12.8 Å². The molecule has 0 heterocycles. The van der Waals surface area contributed by atoms with Gasteiger partial charge in [0.2, 0.25) is 0 Å². The highest BCUT2D eigenvalue weighted by Crippen LogP contribution is 2.08. The molecule has 0 aromatic heterocycles. The molecule has 1 aromatic carbocycles. The number of allylic oxidation sites excluding steroid dienone is 2. The van der Waals surface area contributed by atoms with Crippen molar-refractivity contribution in [3.63, 3.8) is 0 Å². The van der Waals surface area contributed by atoms with E-state index >= 15 is 0 Å². The summed E-state index contributed by atoms with van der Waals surface area (Å²) in [5.74, 6) is -0.240. The summed E-state index contributed by atoms with van der Waals surface area (Å²) in [6.45, 7) is 6.07. The minimum Gasteiger partial charge on any atom is -0.459 e. The predicted molar refractivity (Wildman–Crippen MR) is 70.0 cm³/mol. The van der Waals surface area contributed by atoms with Crippen LogP contribution in [0.1, 0.15) is 44.0 Å². The highest BCUT2D eigenvalue weighted by molar-refractivity contribution is 5.89. The van der Waals surface area contributed by atoms with Gasteiger partial charge in [-0.15, -0.1) is 0 Å². The van der Waals surface area contributed by atoms with Crippen molar-refractivity contribution in [2.24, 2.45) is 0 Å². The number of hydrogen-bond acceptors (Lipinski definition) is 2. The molecule has 0 aliphatic carbocycles. The highest BCUT2D eigenvalue weighted by Gasteiger charge is 2.10. The first-order valence-electron chi connectivity index (χ1n) is 5.99. The van der Waals surface area contributed by atoms with Crippen molar-refractivity contribution in [3.8, 4) is 0 Å². The van der Waals surface area contributed by atoms with Gasteiger partial charge in [0, 0.05) is 0 Å². The minimum absolute atomic E-state index is 0.0432. The van der Waals surface area contributed by atoms with E-state index in [1.165, 1.54) is 5.57 Å². The van der Waals surface area contributed by atoms with E-state index in [1.807, 2.05) is 25.1 Å². The summed E-state index contributed by atoms with van der Waals surface area (Å²) in [7, 11) is 0. The molecule has 2 heteroatoms. The van der Waals surface area contributed by atoms with Crippen LogP contribution in [0.2, 0.25) is 0 Å². The maximum Gasteiger partial charge on any atom is 0.338 e. The van der Waals surface area contributed by atoms with Crippen molar-refractivity contribution in [2.45, 2.75) is 39.7 Å². The molecule has 0 aliphatic rings. The molecule has 0 bridgehead atoms. The van der Waals surface area contributed by atoms with E-state index in [4.69, 9.17) is 4.74 Å². The number of ether oxygens (including phenoxy) is 1. The molecule has 0 saturated carbocycles. The van der Waals surface area contributed by atoms with Crippen molar-refractivity contribution >= 4 is 5.97 Å². The van der Waals surface area contributed by atoms with Gasteiger partial charge in [0.1, 0.15) is 0 Å². The molecule has 0 aliphatic heterocycles. The second-order valence-corrected chi connectivity index (χ2v) is 4.44. The third kappa shape index (κ3) is 5.34. The Hall–Kier alpha value is -1.57. The van der Waals surface area contributed by atoms with Gasteiger partial charge in [0.05, 0.1) is 11.7 Å². The summed E-state index contributed by atoms with van der Waals surface area (Å²) in [6, 6.07) is 9.10. The van der Waals surface area contributed by atoms with Gasteiger partial charge in [0.15, 0.2) is 0 Å². The monoisotopic (exact) mass is 232 g/mol. The van der Waals surface area contributed by atoms with Gasteiger partial charge in [-0.1, -0.05) is 29.8 Å². The number of rotatable bonds is 5. The van der Waals surface area contributed by atoms with Crippen LogP contribution in [0.25, 0.3) is 0 Å². The molecule has 0 spiro atoms. The normalized spacial score (nSPS) is 11.7. The molecule has 17 heavy (non-hydrogen) atoms. The maximum atomic E-state index is 11.7. The van der Waals surface area contributed by atoms with Gasteiger partial charge in [-0.2, -0.15) is 0 Å². The fourth-order valence-electron chi connectivity index (χ4n) is 1.49. The first kappa shape index (κ1) is 13.5. The van der Waals surface area contributed by atoms with Crippen LogP contribution in [-0.2, 0) is 4.74 Å². The largest absolute Gasteiger partial charge is 0.459 e. The van der Waals surface area contributed by atoms with E-state index in [0.29, 0.717) is 5.56 Å². The maximum absolute atomic E-state index is 11.7. The Morgan fingerprint density at radius 3 is 2.53 bits per heavy atom. The average Bonchev–Trinajstić information content (AvgIpc) is 2.29. The lowest BCUT2D eigenvalue weighted by Gasteiger charge is -2.12. The fraction of sp³-hybridized carbons (Fsp3) is 0.400. The van der Waals surface area contributed by atoms with Crippen LogP contribution in [0, 0.1) is 0 Å². The molecule has 1 unspecified atom stereocenters. The summed E-state index contributed by atoms with van der Waals surface area (Å²) >= 11 is 0. The van der Waals surface area contributed by atoms with Crippen LogP contribution in [-0.4, -0.2) is 12.1 Å². The van der Waals surface area contributed by atoms with Crippen LogP contribution < -0.4 is 0 Å². The minimum atomic E-state index is -0.240. The summed E-state index contributed by atoms with van der Waals surface area (Å²) < 4.78 is 5.35. The smallest absolute Gasteiger partial charge is 0.338 e. The third-order valence-electron chi connectivity index (χ3n) is 2.44. The molecule has 0 saturated heterocycles. The zero-order chi connectivity index (χ0) is 12.7. The van der Waals surface area contributed by atoms with Gasteiger partial charge in [-0.3, -0.25) is 0 Å². The molecule has 0 N–H and O–H groups in total. The molecule has 92 valence electrons. The van der Waals surface area contributed by atoms with Crippen LogP contribution in [0.4, 0.5) is 0 Å². The topological polar surface area (TPSA) is 26.3 Å². The van der Waals surface area contributed by atoms with Crippen molar-refractivity contribution in [3.05, 3.63) is 47.5 Å². The van der Waals surface area contributed by atoms with Crippen LogP contribution in [0.15, 0.2) is 42.0 Å². The van der Waals surface area contributed by atoms with Crippen LogP contribution >= 0.6 is 0 Å². The number of benzene rings is 1. The average molecular weight is 232 g/mol. The van der Waals surface area contributed by atoms with Gasteiger partial charge < -0.3 is 4.74 Å². The van der Waals surface area contributed by atoms with E-state index in [1.54, 1.807) is 12.1 Å². The molecule has 1 atom stereocenters. The Morgan fingerprint density at radius 1 is 1.29 bits per heavy atom. The molecule has 1 aromatic rings. The Bertz CT molecular complexity index is 375. The van der Waals surface area contributed by atoms with E-state index in [-0.39, 0.29) is 12.1 Å². The van der Waals surface area contributed by atoms with Crippen LogP contribution in [0.5, 0.6) is 0 Å². The van der Waals surface area contributed by atoms with Crippen molar-refractivity contribution < 1.29 is 9.53 Å². The lowest BCUT2D eigenvalue weighted by Crippen LogP contribution is -2.14. The number of hydrogen-bond donors (Lipinski definition) is 0. The number of carbonyl (C=O) groups is 1. The Balaban J connectivity index is 2.39. The first-order valence-corrected chi connectivity index (χ1v) is 5.99. The van der Waals surface area contributed by atoms with E-state index in [2.05, 4.69) is 19.9 Å². The zero-order valence-corrected chi connectivity index (χ0v) is 10.8. The summed E-state index contributed by atoms with van der Waals surface area (Å²) in [5, 5.41) is 0. The molecule has 0 fully saturated rings. The summed E-state index contributed by atoms with van der Waals surface area (Å²) in [4.78, 5) is 11.7. The van der Waals surface area contributed by atoms with E-state index < -0.39 is 0 Å². The third-order valence-corrected chi connectivity index (χ3v) is 2.44. The standard InChI is InChI=1S/C15H20O2/c1-12(2)8-7-9-13(3)17-15(16)14-10-5-4-6-11-14/h4-6,8,10-11,13H,7,9H2,1-3H3. The van der Waals surface area contributed by atoms with Crippen molar-refractivity contribution in [1.29, 1.82) is 0 Å². The molecule has 1 rings (SSSR count). The number of carbonyl (C=O) groups excluding carboxylic acids is 1. The van der Waals surface area contributed by atoms with Crippen LogP contribution in [0.3, 0.4) is 0 Å². The summed E-state index contributed by atoms with van der Waals surface area (Å²) in [5.41, 5.74) is 1.91. The lowest BCUT2D eigenvalue weighted by atomic mass is 10.1. The molecule has 0 radical (unpaired) electrons. The van der Waals surface area contributed by atoms with Gasteiger partial charge in [-0.05, 0) is 45.7 Å². The Labute approximate surface area is 103 Å². The highest BCUT2D eigenvalue weighted by atomic mass is 16.5. The van der Waals surface area contributed by atoms with Crippen molar-refractivity contribution in [1.82, 2.24) is 0 Å². The van der Waals surface area contributed by atoms with Gasteiger partial charge in [-0.25, -0.2) is 4.79 Å². The first-order chi connectivity index (χ1) is 8.09. The van der Waals surface area contributed by atoms with Gasteiger partial charge >= 0.3 is 5.97 Å². The predicted octanol–water partition coefficient (Wildman–Crippen LogP) is 3.98.